The van der Waals surface area contributed by atoms with Crippen molar-refractivity contribution in [3.05, 3.63) is 60.2 Å². The molecule has 0 radical (unpaired) electrons. The van der Waals surface area contributed by atoms with Crippen LogP contribution in [0.15, 0.2) is 54.6 Å². The van der Waals surface area contributed by atoms with E-state index in [0.29, 0.717) is 44.9 Å². The Morgan fingerprint density at radius 2 is 1.30 bits per heavy atom. The van der Waals surface area contributed by atoms with Crippen LogP contribution >= 0.6 is 0 Å². The third-order valence-electron chi connectivity index (χ3n) is 4.98. The molecule has 4 nitrogen and oxygen atoms in total. The molecule has 0 aromatic heterocycles. The van der Waals surface area contributed by atoms with Crippen molar-refractivity contribution in [2.45, 2.75) is 26.7 Å². The molecule has 1 heterocycles. The quantitative estimate of drug-likeness (QED) is 0.813. The number of carbonyl (C=O) groups excluding carboxylic acids is 2. The fraction of sp³-hybridized carbons (Fsp3) is 0.391. The average molecular weight is 364 g/mol. The van der Waals surface area contributed by atoms with Crippen LogP contribution in [0, 0.1) is 5.92 Å². The smallest absolute Gasteiger partial charge is 0.227 e. The fourth-order valence-electron chi connectivity index (χ4n) is 3.42. The van der Waals surface area contributed by atoms with Crippen LogP contribution in [0.3, 0.4) is 0 Å². The normalized spacial score (nSPS) is 14.5. The number of piperazine rings is 1. The molecule has 27 heavy (non-hydrogen) atoms. The molecule has 0 N–H and O–H groups in total. The van der Waals surface area contributed by atoms with Crippen LogP contribution in [-0.4, -0.2) is 47.8 Å². The van der Waals surface area contributed by atoms with Crippen molar-refractivity contribution in [1.29, 1.82) is 0 Å². The summed E-state index contributed by atoms with van der Waals surface area (Å²) in [7, 11) is 0. The lowest BCUT2D eigenvalue weighted by molar-refractivity contribution is -0.139. The zero-order chi connectivity index (χ0) is 19.2. The van der Waals surface area contributed by atoms with E-state index in [1.54, 1.807) is 0 Å². The monoisotopic (exact) mass is 364 g/mol. The van der Waals surface area contributed by atoms with Gasteiger partial charge in [0.25, 0.3) is 0 Å². The molecular weight excluding hydrogens is 336 g/mol. The maximum atomic E-state index is 12.6. The second kappa shape index (κ2) is 8.85. The second-order valence-corrected chi connectivity index (χ2v) is 7.60. The summed E-state index contributed by atoms with van der Waals surface area (Å²) < 4.78 is 0. The molecule has 2 aromatic carbocycles. The number of amides is 2. The molecule has 1 aliphatic rings. The molecule has 2 amide bonds. The summed E-state index contributed by atoms with van der Waals surface area (Å²) in [5.41, 5.74) is 3.36. The van der Waals surface area contributed by atoms with Gasteiger partial charge in [0, 0.05) is 32.6 Å². The van der Waals surface area contributed by atoms with E-state index in [1.807, 2.05) is 40.1 Å². The molecule has 0 atom stereocenters. The lowest BCUT2D eigenvalue weighted by Gasteiger charge is -2.35. The lowest BCUT2D eigenvalue weighted by atomic mass is 10.0. The van der Waals surface area contributed by atoms with Gasteiger partial charge < -0.3 is 9.80 Å². The topological polar surface area (TPSA) is 40.6 Å². The Hall–Kier alpha value is -2.62. The Labute approximate surface area is 161 Å². The highest BCUT2D eigenvalue weighted by Crippen LogP contribution is 2.19. The van der Waals surface area contributed by atoms with Gasteiger partial charge in [-0.05, 0) is 22.6 Å². The summed E-state index contributed by atoms with van der Waals surface area (Å²) in [5, 5.41) is 0. The van der Waals surface area contributed by atoms with E-state index in [-0.39, 0.29) is 11.8 Å². The molecule has 0 aliphatic carbocycles. The summed E-state index contributed by atoms with van der Waals surface area (Å²) >= 11 is 0. The Kier molecular flexibility index (Phi) is 6.28. The first-order valence-corrected chi connectivity index (χ1v) is 9.73. The van der Waals surface area contributed by atoms with Crippen LogP contribution in [0.1, 0.15) is 25.8 Å². The second-order valence-electron chi connectivity index (χ2n) is 7.60. The largest absolute Gasteiger partial charge is 0.339 e. The molecule has 1 fully saturated rings. The maximum Gasteiger partial charge on any atom is 0.227 e. The highest BCUT2D eigenvalue weighted by Gasteiger charge is 2.24. The van der Waals surface area contributed by atoms with E-state index in [4.69, 9.17) is 0 Å². The standard InChI is InChI=1S/C23H28N2O2/c1-18(2)16-22(26)24-12-14-25(15-13-24)23(27)17-19-8-10-21(11-9-19)20-6-4-3-5-7-20/h3-11,18H,12-17H2,1-2H3. The van der Waals surface area contributed by atoms with Crippen molar-refractivity contribution >= 4 is 11.8 Å². The predicted octanol–water partition coefficient (Wildman–Crippen LogP) is 3.61. The highest BCUT2D eigenvalue weighted by molar-refractivity contribution is 5.80. The molecule has 0 unspecified atom stereocenters. The van der Waals surface area contributed by atoms with Gasteiger partial charge >= 0.3 is 0 Å². The van der Waals surface area contributed by atoms with Crippen LogP contribution in [0.5, 0.6) is 0 Å². The predicted molar refractivity (Wildman–Crippen MR) is 108 cm³/mol. The van der Waals surface area contributed by atoms with Crippen LogP contribution in [0.25, 0.3) is 11.1 Å². The third kappa shape index (κ3) is 5.19. The van der Waals surface area contributed by atoms with Gasteiger partial charge in [0.05, 0.1) is 6.42 Å². The molecule has 0 saturated carbocycles. The molecule has 142 valence electrons. The van der Waals surface area contributed by atoms with E-state index in [2.05, 4.69) is 38.1 Å². The van der Waals surface area contributed by atoms with Gasteiger partial charge in [0.1, 0.15) is 0 Å². The molecule has 4 heteroatoms. The molecular formula is C23H28N2O2. The summed E-state index contributed by atoms with van der Waals surface area (Å²) in [4.78, 5) is 28.5. The molecule has 1 saturated heterocycles. The number of carbonyl (C=O) groups is 2. The minimum atomic E-state index is 0.137. The molecule has 3 rings (SSSR count). The van der Waals surface area contributed by atoms with Gasteiger partial charge in [-0.25, -0.2) is 0 Å². The molecule has 1 aliphatic heterocycles. The summed E-state index contributed by atoms with van der Waals surface area (Å²) in [6.45, 7) is 6.66. The number of hydrogen-bond acceptors (Lipinski definition) is 2. The number of hydrogen-bond donors (Lipinski definition) is 0. The number of rotatable bonds is 5. The summed E-state index contributed by atoms with van der Waals surface area (Å²) in [6, 6.07) is 18.4. The maximum absolute atomic E-state index is 12.6. The highest BCUT2D eigenvalue weighted by atomic mass is 16.2. The van der Waals surface area contributed by atoms with Crippen molar-refractivity contribution in [2.75, 3.05) is 26.2 Å². The van der Waals surface area contributed by atoms with Crippen molar-refractivity contribution in [3.63, 3.8) is 0 Å². The van der Waals surface area contributed by atoms with E-state index in [1.165, 1.54) is 5.56 Å². The Morgan fingerprint density at radius 1 is 0.778 bits per heavy atom. The Bertz CT molecular complexity index is 761. The van der Waals surface area contributed by atoms with Crippen molar-refractivity contribution in [1.82, 2.24) is 9.80 Å². The first-order chi connectivity index (χ1) is 13.0. The lowest BCUT2D eigenvalue weighted by Crippen LogP contribution is -2.51. The van der Waals surface area contributed by atoms with Crippen molar-refractivity contribution in [3.8, 4) is 11.1 Å². The van der Waals surface area contributed by atoms with Crippen molar-refractivity contribution < 1.29 is 9.59 Å². The van der Waals surface area contributed by atoms with Crippen molar-refractivity contribution in [2.24, 2.45) is 5.92 Å². The Balaban J connectivity index is 1.52. The third-order valence-corrected chi connectivity index (χ3v) is 4.98. The van der Waals surface area contributed by atoms with Crippen LogP contribution in [0.4, 0.5) is 0 Å². The SMILES string of the molecule is CC(C)CC(=O)N1CCN(C(=O)Cc2ccc(-c3ccccc3)cc2)CC1. The van der Waals surface area contributed by atoms with Gasteiger partial charge in [-0.1, -0.05) is 68.4 Å². The first kappa shape index (κ1) is 19.2. The summed E-state index contributed by atoms with van der Waals surface area (Å²) in [5.74, 6) is 0.711. The van der Waals surface area contributed by atoms with Crippen LogP contribution in [-0.2, 0) is 16.0 Å². The van der Waals surface area contributed by atoms with E-state index in [9.17, 15) is 9.59 Å². The van der Waals surface area contributed by atoms with Gasteiger partial charge in [-0.3, -0.25) is 9.59 Å². The average Bonchev–Trinajstić information content (AvgIpc) is 2.69. The molecule has 0 spiro atoms. The molecule has 2 aromatic rings. The number of nitrogens with zero attached hydrogens (tertiary/aromatic N) is 2. The van der Waals surface area contributed by atoms with Gasteiger partial charge in [-0.2, -0.15) is 0 Å². The van der Waals surface area contributed by atoms with Crippen LogP contribution < -0.4 is 0 Å². The van der Waals surface area contributed by atoms with Crippen LogP contribution in [0.2, 0.25) is 0 Å². The zero-order valence-electron chi connectivity index (χ0n) is 16.2. The minimum Gasteiger partial charge on any atom is -0.339 e. The van der Waals surface area contributed by atoms with E-state index >= 15 is 0 Å². The van der Waals surface area contributed by atoms with E-state index in [0.717, 1.165) is 11.1 Å². The Morgan fingerprint density at radius 3 is 1.85 bits per heavy atom. The van der Waals surface area contributed by atoms with Gasteiger partial charge in [0.2, 0.25) is 11.8 Å². The minimum absolute atomic E-state index is 0.137. The van der Waals surface area contributed by atoms with Gasteiger partial charge in [0.15, 0.2) is 0 Å². The zero-order valence-corrected chi connectivity index (χ0v) is 16.2. The molecule has 0 bridgehead atoms. The van der Waals surface area contributed by atoms with E-state index < -0.39 is 0 Å². The number of benzene rings is 2. The summed E-state index contributed by atoms with van der Waals surface area (Å²) in [6.07, 6.45) is 0.997. The fourth-order valence-corrected chi connectivity index (χ4v) is 3.42. The van der Waals surface area contributed by atoms with Gasteiger partial charge in [-0.15, -0.1) is 0 Å². The first-order valence-electron chi connectivity index (χ1n) is 9.73.